The summed E-state index contributed by atoms with van der Waals surface area (Å²) in [5.41, 5.74) is 0. The van der Waals surface area contributed by atoms with Gasteiger partial charge in [-0.05, 0) is 6.92 Å². The van der Waals surface area contributed by atoms with Crippen molar-refractivity contribution in [2.75, 3.05) is 12.4 Å². The second-order valence-corrected chi connectivity index (χ2v) is 3.53. The van der Waals surface area contributed by atoms with Crippen LogP contribution < -0.4 is 0 Å². The van der Waals surface area contributed by atoms with Gasteiger partial charge in [-0.15, -0.1) is 0 Å². The molecule has 15 heavy (non-hydrogen) atoms. The second kappa shape index (κ2) is 6.23. The maximum atomic E-state index is 11.2. The molecule has 5 nitrogen and oxygen atoms in total. The Morgan fingerprint density at radius 3 is 3.00 bits per heavy atom. The summed E-state index contributed by atoms with van der Waals surface area (Å²) < 4.78 is 9.56. The van der Waals surface area contributed by atoms with Gasteiger partial charge in [-0.2, -0.15) is 0 Å². The lowest BCUT2D eigenvalue weighted by atomic mass is 10.3. The second-order valence-electron chi connectivity index (χ2n) is 2.61. The van der Waals surface area contributed by atoms with Crippen molar-refractivity contribution in [3.63, 3.8) is 0 Å². The average Bonchev–Trinajstić information content (AvgIpc) is 2.67. The number of aromatic nitrogens is 1. The van der Waals surface area contributed by atoms with Crippen LogP contribution in [0.1, 0.15) is 13.3 Å². The van der Waals surface area contributed by atoms with Crippen molar-refractivity contribution in [1.82, 2.24) is 4.98 Å². The number of nitrogens with zero attached hydrogens (tertiary/aromatic N) is 1. The number of oxazole rings is 1. The number of thioether (sulfide) groups is 1. The van der Waals surface area contributed by atoms with Gasteiger partial charge in [0.1, 0.15) is 12.7 Å². The topological polar surface area (TPSA) is 69.4 Å². The smallest absolute Gasteiger partial charge is 0.313 e. The molecule has 0 N–H and O–H groups in total. The summed E-state index contributed by atoms with van der Waals surface area (Å²) >= 11 is 1.16. The van der Waals surface area contributed by atoms with Crippen LogP contribution >= 0.6 is 11.8 Å². The normalized spacial score (nSPS) is 9.93. The predicted octanol–water partition coefficient (Wildman–Crippen LogP) is 1.29. The van der Waals surface area contributed by atoms with Gasteiger partial charge in [0.15, 0.2) is 5.78 Å². The van der Waals surface area contributed by atoms with E-state index < -0.39 is 5.97 Å². The Kier molecular flexibility index (Phi) is 4.89. The summed E-state index contributed by atoms with van der Waals surface area (Å²) in [5.74, 6) is -0.522. The first-order chi connectivity index (χ1) is 7.22. The van der Waals surface area contributed by atoms with Gasteiger partial charge in [-0.1, -0.05) is 11.8 Å². The van der Waals surface area contributed by atoms with Crippen LogP contribution in [0.4, 0.5) is 0 Å². The molecule has 82 valence electrons. The number of carbonyl (C=O) groups is 2. The Morgan fingerprint density at radius 1 is 1.60 bits per heavy atom. The van der Waals surface area contributed by atoms with Crippen LogP contribution in [0.5, 0.6) is 0 Å². The monoisotopic (exact) mass is 229 g/mol. The Balaban J connectivity index is 2.22. The molecule has 0 fully saturated rings. The Hall–Kier alpha value is -1.30. The highest BCUT2D eigenvalue weighted by molar-refractivity contribution is 7.99. The van der Waals surface area contributed by atoms with Crippen LogP contribution in [0, 0.1) is 0 Å². The fourth-order valence-electron chi connectivity index (χ4n) is 0.848. The minimum Gasteiger partial charge on any atom is -0.466 e. The van der Waals surface area contributed by atoms with Gasteiger partial charge < -0.3 is 9.15 Å². The first kappa shape index (κ1) is 11.8. The lowest BCUT2D eigenvalue weighted by molar-refractivity contribution is -0.145. The first-order valence-corrected chi connectivity index (χ1v) is 5.40. The summed E-state index contributed by atoms with van der Waals surface area (Å²) in [7, 11) is 0. The summed E-state index contributed by atoms with van der Waals surface area (Å²) in [5, 5.41) is 0.423. The number of esters is 1. The molecule has 1 heterocycles. The van der Waals surface area contributed by atoms with E-state index >= 15 is 0 Å². The fraction of sp³-hybridized carbons (Fsp3) is 0.444. The maximum Gasteiger partial charge on any atom is 0.313 e. The molecule has 1 rings (SSSR count). The largest absolute Gasteiger partial charge is 0.466 e. The lowest BCUT2D eigenvalue weighted by Crippen LogP contribution is -2.12. The molecule has 0 aliphatic heterocycles. The van der Waals surface area contributed by atoms with Crippen LogP contribution in [0.3, 0.4) is 0 Å². The Morgan fingerprint density at radius 2 is 2.40 bits per heavy atom. The standard InChI is InChI=1S/C9H11NO4S/c1-2-13-8(12)5-7(11)6-15-9-10-3-4-14-9/h3-4H,2,5-6H2,1H3. The number of Topliss-reactive ketones (excluding diaryl/α,β-unsaturated/α-hetero) is 1. The van der Waals surface area contributed by atoms with Crippen molar-refractivity contribution in [2.45, 2.75) is 18.6 Å². The SMILES string of the molecule is CCOC(=O)CC(=O)CSc1ncco1. The summed E-state index contributed by atoms with van der Waals surface area (Å²) in [6, 6.07) is 0. The predicted molar refractivity (Wildman–Crippen MR) is 53.5 cm³/mol. The molecule has 0 atom stereocenters. The third kappa shape index (κ3) is 4.64. The molecule has 0 bridgehead atoms. The maximum absolute atomic E-state index is 11.2. The van der Waals surface area contributed by atoms with E-state index in [-0.39, 0.29) is 18.0 Å². The molecule has 0 saturated heterocycles. The minimum absolute atomic E-state index is 0.166. The van der Waals surface area contributed by atoms with E-state index in [4.69, 9.17) is 4.42 Å². The minimum atomic E-state index is -0.490. The van der Waals surface area contributed by atoms with Gasteiger partial charge in [0.2, 0.25) is 0 Å². The van der Waals surface area contributed by atoms with Crippen molar-refractivity contribution in [3.8, 4) is 0 Å². The fourth-order valence-corrected chi connectivity index (χ4v) is 1.49. The molecule has 0 unspecified atom stereocenters. The van der Waals surface area contributed by atoms with Gasteiger partial charge >= 0.3 is 5.97 Å². The number of rotatable bonds is 6. The van der Waals surface area contributed by atoms with E-state index in [2.05, 4.69) is 9.72 Å². The first-order valence-electron chi connectivity index (χ1n) is 4.42. The molecule has 6 heteroatoms. The third-order valence-electron chi connectivity index (χ3n) is 1.41. The highest BCUT2D eigenvalue weighted by atomic mass is 32.2. The molecule has 0 radical (unpaired) electrons. The van der Waals surface area contributed by atoms with E-state index in [1.54, 1.807) is 6.92 Å². The zero-order valence-electron chi connectivity index (χ0n) is 8.26. The zero-order valence-corrected chi connectivity index (χ0v) is 9.08. The zero-order chi connectivity index (χ0) is 11.1. The number of hydrogen-bond donors (Lipinski definition) is 0. The third-order valence-corrected chi connectivity index (χ3v) is 2.33. The number of ether oxygens (including phenoxy) is 1. The molecule has 0 aliphatic carbocycles. The molecular formula is C9H11NO4S. The Bertz CT molecular complexity index is 323. The molecule has 0 amide bonds. The molecule has 0 saturated carbocycles. The van der Waals surface area contributed by atoms with Crippen LogP contribution in [0.2, 0.25) is 0 Å². The van der Waals surface area contributed by atoms with Gasteiger partial charge in [-0.25, -0.2) is 4.98 Å². The van der Waals surface area contributed by atoms with Crippen molar-refractivity contribution in [2.24, 2.45) is 0 Å². The van der Waals surface area contributed by atoms with E-state index in [0.29, 0.717) is 11.8 Å². The molecule has 0 aromatic carbocycles. The van der Waals surface area contributed by atoms with E-state index in [1.165, 1.54) is 12.5 Å². The van der Waals surface area contributed by atoms with Crippen molar-refractivity contribution in [3.05, 3.63) is 12.5 Å². The van der Waals surface area contributed by atoms with E-state index in [9.17, 15) is 9.59 Å². The van der Waals surface area contributed by atoms with Gasteiger partial charge in [0.05, 0.1) is 18.6 Å². The van der Waals surface area contributed by atoms with Crippen molar-refractivity contribution in [1.29, 1.82) is 0 Å². The van der Waals surface area contributed by atoms with E-state index in [1.807, 2.05) is 0 Å². The molecule has 1 aromatic heterocycles. The number of ketones is 1. The van der Waals surface area contributed by atoms with Crippen LogP contribution in [-0.4, -0.2) is 29.1 Å². The molecular weight excluding hydrogens is 218 g/mol. The van der Waals surface area contributed by atoms with Gasteiger partial charge in [-0.3, -0.25) is 9.59 Å². The summed E-state index contributed by atoms with van der Waals surface area (Å²) in [6.07, 6.45) is 2.73. The molecule has 1 aromatic rings. The number of carbonyl (C=O) groups excluding carboxylic acids is 2. The molecule has 0 spiro atoms. The average molecular weight is 229 g/mol. The van der Waals surface area contributed by atoms with Gasteiger partial charge in [0.25, 0.3) is 5.22 Å². The Labute approximate surface area is 91.2 Å². The van der Waals surface area contributed by atoms with Crippen molar-refractivity contribution < 1.29 is 18.7 Å². The quantitative estimate of drug-likeness (QED) is 0.416. The van der Waals surface area contributed by atoms with Crippen LogP contribution in [0.25, 0.3) is 0 Å². The van der Waals surface area contributed by atoms with E-state index in [0.717, 1.165) is 11.8 Å². The highest BCUT2D eigenvalue weighted by Crippen LogP contribution is 2.14. The summed E-state index contributed by atoms with van der Waals surface area (Å²) in [6.45, 7) is 1.99. The van der Waals surface area contributed by atoms with Crippen LogP contribution in [0.15, 0.2) is 22.1 Å². The highest BCUT2D eigenvalue weighted by Gasteiger charge is 2.11. The lowest BCUT2D eigenvalue weighted by Gasteiger charge is -1.99. The van der Waals surface area contributed by atoms with Crippen molar-refractivity contribution >= 4 is 23.5 Å². The van der Waals surface area contributed by atoms with Crippen LogP contribution in [-0.2, 0) is 14.3 Å². The summed E-state index contributed by atoms with van der Waals surface area (Å²) in [4.78, 5) is 26.0. The number of hydrogen-bond acceptors (Lipinski definition) is 6. The van der Waals surface area contributed by atoms with Gasteiger partial charge in [0, 0.05) is 0 Å². The molecule has 0 aliphatic rings.